The minimum absolute atomic E-state index is 0.657. The highest BCUT2D eigenvalue weighted by atomic mass is 15.0. The molecule has 1 saturated heterocycles. The lowest BCUT2D eigenvalue weighted by Crippen LogP contribution is -2.07. The molecule has 2 aromatic carbocycles. The van der Waals surface area contributed by atoms with Crippen LogP contribution in [0.15, 0.2) is 54.7 Å². The van der Waals surface area contributed by atoms with Crippen molar-refractivity contribution >= 4 is 10.9 Å². The van der Waals surface area contributed by atoms with Gasteiger partial charge in [0.25, 0.3) is 0 Å². The Balaban J connectivity index is 1.75. The molecule has 0 spiro atoms. The third-order valence-electron chi connectivity index (χ3n) is 4.79. The molecule has 0 amide bonds. The quantitative estimate of drug-likeness (QED) is 0.769. The second-order valence-electron chi connectivity index (χ2n) is 6.40. The minimum atomic E-state index is 0.657. The van der Waals surface area contributed by atoms with Crippen LogP contribution in [-0.2, 0) is 6.54 Å². The number of benzene rings is 2. The molecule has 0 saturated carbocycles. The van der Waals surface area contributed by atoms with Crippen LogP contribution in [0, 0.1) is 6.92 Å². The fraction of sp³-hybridized carbons (Fsp3) is 0.300. The number of fused-ring (bicyclic) bond motifs is 1. The first-order valence-electron chi connectivity index (χ1n) is 8.15. The molecule has 3 aromatic rings. The van der Waals surface area contributed by atoms with Crippen LogP contribution in [-0.4, -0.2) is 17.7 Å². The van der Waals surface area contributed by atoms with Gasteiger partial charge in [0.1, 0.15) is 0 Å². The highest BCUT2D eigenvalue weighted by Crippen LogP contribution is 2.31. The normalized spacial score (nSPS) is 18.1. The molecule has 1 aliphatic rings. The van der Waals surface area contributed by atoms with E-state index in [4.69, 9.17) is 0 Å². The molecule has 1 aliphatic heterocycles. The lowest BCUT2D eigenvalue weighted by atomic mass is 9.98. The predicted molar refractivity (Wildman–Crippen MR) is 92.4 cm³/mol. The smallest absolute Gasteiger partial charge is 0.0486 e. The van der Waals surface area contributed by atoms with Gasteiger partial charge in [-0.15, -0.1) is 0 Å². The van der Waals surface area contributed by atoms with Crippen molar-refractivity contribution in [3.8, 4) is 0 Å². The summed E-state index contributed by atoms with van der Waals surface area (Å²) in [5.41, 5.74) is 5.54. The van der Waals surface area contributed by atoms with Crippen molar-refractivity contribution in [2.75, 3.05) is 13.1 Å². The van der Waals surface area contributed by atoms with Gasteiger partial charge in [0.15, 0.2) is 0 Å². The molecule has 2 heteroatoms. The molecule has 2 nitrogen and oxygen atoms in total. The fourth-order valence-corrected chi connectivity index (χ4v) is 3.54. The Hall–Kier alpha value is -2.06. The lowest BCUT2D eigenvalue weighted by molar-refractivity contribution is 0.754. The number of nitrogens with zero attached hydrogens (tertiary/aromatic N) is 1. The third-order valence-corrected chi connectivity index (χ3v) is 4.79. The third kappa shape index (κ3) is 2.44. The number of hydrogen-bond donors (Lipinski definition) is 1. The van der Waals surface area contributed by atoms with Gasteiger partial charge in [-0.2, -0.15) is 0 Å². The van der Waals surface area contributed by atoms with E-state index in [-0.39, 0.29) is 0 Å². The van der Waals surface area contributed by atoms with Crippen molar-refractivity contribution in [2.24, 2.45) is 0 Å². The van der Waals surface area contributed by atoms with Crippen LogP contribution in [0.25, 0.3) is 10.9 Å². The molecular formula is C20H22N2. The second-order valence-corrected chi connectivity index (χ2v) is 6.40. The van der Waals surface area contributed by atoms with Gasteiger partial charge >= 0.3 is 0 Å². The van der Waals surface area contributed by atoms with E-state index in [1.165, 1.54) is 34.0 Å². The maximum Gasteiger partial charge on any atom is 0.0486 e. The Kier molecular flexibility index (Phi) is 3.47. The molecule has 0 bridgehead atoms. The molecule has 1 N–H and O–H groups in total. The Morgan fingerprint density at radius 2 is 1.91 bits per heavy atom. The summed E-state index contributed by atoms with van der Waals surface area (Å²) in [5, 5.41) is 4.91. The van der Waals surface area contributed by atoms with Gasteiger partial charge in [-0.1, -0.05) is 48.0 Å². The van der Waals surface area contributed by atoms with Crippen molar-refractivity contribution in [3.05, 3.63) is 71.4 Å². The zero-order chi connectivity index (χ0) is 14.9. The van der Waals surface area contributed by atoms with E-state index in [0.717, 1.165) is 19.6 Å². The number of para-hydroxylation sites is 1. The molecule has 0 radical (unpaired) electrons. The highest BCUT2D eigenvalue weighted by Gasteiger charge is 2.21. The Bertz CT molecular complexity index is 777. The second kappa shape index (κ2) is 5.62. The monoisotopic (exact) mass is 290 g/mol. The minimum Gasteiger partial charge on any atom is -0.343 e. The Labute approximate surface area is 131 Å². The topological polar surface area (TPSA) is 17.0 Å². The van der Waals surface area contributed by atoms with E-state index in [0.29, 0.717) is 5.92 Å². The van der Waals surface area contributed by atoms with Crippen LogP contribution >= 0.6 is 0 Å². The molecule has 1 unspecified atom stereocenters. The molecule has 22 heavy (non-hydrogen) atoms. The Morgan fingerprint density at radius 3 is 2.68 bits per heavy atom. The molecule has 4 rings (SSSR count). The van der Waals surface area contributed by atoms with Crippen molar-refractivity contribution in [2.45, 2.75) is 25.8 Å². The summed E-state index contributed by atoms with van der Waals surface area (Å²) in [6, 6.07) is 17.7. The van der Waals surface area contributed by atoms with E-state index in [2.05, 4.69) is 71.5 Å². The number of rotatable bonds is 3. The number of nitrogens with one attached hydrogen (secondary N) is 1. The summed E-state index contributed by atoms with van der Waals surface area (Å²) in [4.78, 5) is 0. The summed E-state index contributed by atoms with van der Waals surface area (Å²) >= 11 is 0. The lowest BCUT2D eigenvalue weighted by Gasteiger charge is -2.06. The summed E-state index contributed by atoms with van der Waals surface area (Å²) in [6.07, 6.45) is 3.63. The summed E-state index contributed by atoms with van der Waals surface area (Å²) < 4.78 is 2.41. The van der Waals surface area contributed by atoms with Crippen molar-refractivity contribution < 1.29 is 0 Å². The largest absolute Gasteiger partial charge is 0.343 e. The summed E-state index contributed by atoms with van der Waals surface area (Å²) in [7, 11) is 0. The van der Waals surface area contributed by atoms with Gasteiger partial charge in [0, 0.05) is 30.2 Å². The zero-order valence-corrected chi connectivity index (χ0v) is 13.0. The van der Waals surface area contributed by atoms with E-state index in [1.54, 1.807) is 0 Å². The molecule has 0 aliphatic carbocycles. The van der Waals surface area contributed by atoms with Gasteiger partial charge in [-0.3, -0.25) is 0 Å². The van der Waals surface area contributed by atoms with E-state index >= 15 is 0 Å². The van der Waals surface area contributed by atoms with Gasteiger partial charge < -0.3 is 9.88 Å². The summed E-state index contributed by atoms with van der Waals surface area (Å²) in [6.45, 7) is 5.33. The number of aromatic nitrogens is 1. The van der Waals surface area contributed by atoms with Gasteiger partial charge in [-0.25, -0.2) is 0 Å². The van der Waals surface area contributed by atoms with Crippen molar-refractivity contribution in [1.29, 1.82) is 0 Å². The molecule has 112 valence electrons. The van der Waals surface area contributed by atoms with Crippen molar-refractivity contribution in [1.82, 2.24) is 9.88 Å². The predicted octanol–water partition coefficient (Wildman–Crippen LogP) is 4.07. The maximum atomic E-state index is 3.49. The van der Waals surface area contributed by atoms with Crippen LogP contribution in [0.5, 0.6) is 0 Å². The first-order chi connectivity index (χ1) is 10.8. The van der Waals surface area contributed by atoms with Gasteiger partial charge in [0.2, 0.25) is 0 Å². The van der Waals surface area contributed by atoms with Crippen LogP contribution in [0.4, 0.5) is 0 Å². The van der Waals surface area contributed by atoms with E-state index in [9.17, 15) is 0 Å². The average molecular weight is 290 g/mol. The SMILES string of the molecule is Cc1ccc(Cn2cc(C3CCNC3)c3ccccc32)cc1. The average Bonchev–Trinajstić information content (AvgIpc) is 3.18. The fourth-order valence-electron chi connectivity index (χ4n) is 3.54. The van der Waals surface area contributed by atoms with Gasteiger partial charge in [0.05, 0.1) is 0 Å². The summed E-state index contributed by atoms with van der Waals surface area (Å²) in [5.74, 6) is 0.657. The standard InChI is InChI=1S/C20H22N2/c1-15-6-8-16(9-7-15)13-22-14-19(17-10-11-21-12-17)18-4-2-3-5-20(18)22/h2-9,14,17,21H,10-13H2,1H3. The van der Waals surface area contributed by atoms with Crippen LogP contribution < -0.4 is 5.32 Å². The first kappa shape index (κ1) is 13.6. The molecular weight excluding hydrogens is 268 g/mol. The van der Waals surface area contributed by atoms with E-state index in [1.807, 2.05) is 0 Å². The van der Waals surface area contributed by atoms with Crippen LogP contribution in [0.2, 0.25) is 0 Å². The Morgan fingerprint density at radius 1 is 1.09 bits per heavy atom. The van der Waals surface area contributed by atoms with Crippen LogP contribution in [0.3, 0.4) is 0 Å². The van der Waals surface area contributed by atoms with Crippen molar-refractivity contribution in [3.63, 3.8) is 0 Å². The maximum absolute atomic E-state index is 3.49. The highest BCUT2D eigenvalue weighted by molar-refractivity contribution is 5.84. The van der Waals surface area contributed by atoms with Gasteiger partial charge in [-0.05, 0) is 43.0 Å². The number of aryl methyl sites for hydroxylation is 1. The zero-order valence-electron chi connectivity index (χ0n) is 13.0. The number of hydrogen-bond acceptors (Lipinski definition) is 1. The van der Waals surface area contributed by atoms with Crippen LogP contribution in [0.1, 0.15) is 29.0 Å². The first-order valence-corrected chi connectivity index (χ1v) is 8.15. The molecule has 2 heterocycles. The molecule has 1 fully saturated rings. The molecule has 1 aromatic heterocycles. The van der Waals surface area contributed by atoms with E-state index < -0.39 is 0 Å². The molecule has 1 atom stereocenters.